The monoisotopic (exact) mass is 523 g/mol. The van der Waals surface area contributed by atoms with E-state index in [0.29, 0.717) is 41.2 Å². The second kappa shape index (κ2) is 11.1. The van der Waals surface area contributed by atoms with Crippen LogP contribution in [0, 0.1) is 18.8 Å². The van der Waals surface area contributed by atoms with Gasteiger partial charge in [-0.3, -0.25) is 14.2 Å². The van der Waals surface area contributed by atoms with Gasteiger partial charge in [-0.15, -0.1) is 11.3 Å². The topological polar surface area (TPSA) is 105 Å². The zero-order valence-electron chi connectivity index (χ0n) is 21.0. The third-order valence-electron chi connectivity index (χ3n) is 6.94. The number of carbonyl (C=O) groups is 1. The Morgan fingerprint density at radius 3 is 2.54 bits per heavy atom. The minimum Gasteiger partial charge on any atom is -0.354 e. The van der Waals surface area contributed by atoms with Crippen molar-refractivity contribution in [2.75, 3.05) is 39.3 Å². The highest BCUT2D eigenvalue weighted by atomic mass is 32.2. The van der Waals surface area contributed by atoms with Gasteiger partial charge in [0.1, 0.15) is 16.3 Å². The number of fused-ring (bicyclic) bond motifs is 1. The summed E-state index contributed by atoms with van der Waals surface area (Å²) in [7, 11) is -3.79. The Balaban J connectivity index is 1.42. The van der Waals surface area contributed by atoms with E-state index in [4.69, 9.17) is 0 Å². The van der Waals surface area contributed by atoms with Gasteiger partial charge in [-0.05, 0) is 51.0 Å². The minimum atomic E-state index is -3.79. The summed E-state index contributed by atoms with van der Waals surface area (Å²) in [5, 5.41) is 2.99. The lowest BCUT2D eigenvalue weighted by atomic mass is 9.92. The van der Waals surface area contributed by atoms with E-state index in [1.54, 1.807) is 6.92 Å². The molecule has 1 amide bonds. The Kier molecular flexibility index (Phi) is 8.30. The number of nitrogens with zero attached hydrogens (tertiary/aromatic N) is 4. The van der Waals surface area contributed by atoms with E-state index < -0.39 is 15.6 Å². The Bertz CT molecular complexity index is 1210. The van der Waals surface area contributed by atoms with Crippen molar-refractivity contribution >= 4 is 37.5 Å². The van der Waals surface area contributed by atoms with Crippen molar-refractivity contribution < 1.29 is 13.2 Å². The fraction of sp³-hybridized carbons (Fsp3) is 0.708. The number of rotatable bonds is 8. The summed E-state index contributed by atoms with van der Waals surface area (Å²) in [6.07, 6.45) is 6.10. The van der Waals surface area contributed by atoms with E-state index in [2.05, 4.69) is 29.0 Å². The zero-order valence-corrected chi connectivity index (χ0v) is 22.6. The number of aromatic nitrogens is 2. The Morgan fingerprint density at radius 1 is 1.17 bits per heavy atom. The van der Waals surface area contributed by atoms with Gasteiger partial charge in [0.2, 0.25) is 15.9 Å². The van der Waals surface area contributed by atoms with Gasteiger partial charge in [0.05, 0.1) is 11.7 Å². The molecule has 2 fully saturated rings. The number of hydrogen-bond acceptors (Lipinski definition) is 7. The highest BCUT2D eigenvalue weighted by Gasteiger charge is 2.32. The molecule has 1 N–H and O–H groups in total. The summed E-state index contributed by atoms with van der Waals surface area (Å²) >= 11 is 1.21. The van der Waals surface area contributed by atoms with Crippen molar-refractivity contribution in [3.8, 4) is 0 Å². The van der Waals surface area contributed by atoms with E-state index in [9.17, 15) is 18.0 Å². The van der Waals surface area contributed by atoms with Crippen LogP contribution in [0.25, 0.3) is 10.2 Å². The fourth-order valence-corrected chi connectivity index (χ4v) is 8.67. The number of hydrogen-bond donors (Lipinski definition) is 1. The van der Waals surface area contributed by atoms with Crippen LogP contribution in [0.15, 0.2) is 16.0 Å². The van der Waals surface area contributed by atoms with Gasteiger partial charge < -0.3 is 10.2 Å². The molecule has 11 heteroatoms. The second-order valence-corrected chi connectivity index (χ2v) is 13.3. The number of thiophene rings is 1. The molecule has 2 atom stereocenters. The molecule has 0 saturated carbocycles. The van der Waals surface area contributed by atoms with E-state index in [1.807, 2.05) is 0 Å². The zero-order chi connectivity index (χ0) is 25.2. The first kappa shape index (κ1) is 26.2. The molecule has 4 rings (SSSR count). The van der Waals surface area contributed by atoms with Crippen molar-refractivity contribution in [2.24, 2.45) is 11.8 Å². The van der Waals surface area contributed by atoms with Crippen LogP contribution < -0.4 is 10.9 Å². The minimum absolute atomic E-state index is 0.0525. The van der Waals surface area contributed by atoms with Crippen LogP contribution in [0.1, 0.15) is 50.8 Å². The smallest absolute Gasteiger partial charge is 0.263 e. The molecule has 4 heterocycles. The van der Waals surface area contributed by atoms with Crippen LogP contribution in [0.5, 0.6) is 0 Å². The van der Waals surface area contributed by atoms with E-state index in [-0.39, 0.29) is 22.7 Å². The van der Waals surface area contributed by atoms with Gasteiger partial charge in [0.25, 0.3) is 5.56 Å². The third kappa shape index (κ3) is 5.95. The Labute approximate surface area is 211 Å². The number of sulfonamides is 1. The first-order valence-electron chi connectivity index (χ1n) is 12.6. The van der Waals surface area contributed by atoms with Crippen molar-refractivity contribution in [2.45, 2.75) is 64.3 Å². The summed E-state index contributed by atoms with van der Waals surface area (Å²) in [6, 6.07) is 0. The quantitative estimate of drug-likeness (QED) is 0.533. The average molecular weight is 524 g/mol. The molecule has 2 aliphatic rings. The van der Waals surface area contributed by atoms with Crippen LogP contribution in [0.4, 0.5) is 0 Å². The summed E-state index contributed by atoms with van der Waals surface area (Å²) in [5.41, 5.74) is -0.485. The van der Waals surface area contributed by atoms with Crippen LogP contribution >= 0.6 is 11.3 Å². The van der Waals surface area contributed by atoms with Crippen LogP contribution in [0.2, 0.25) is 0 Å². The van der Waals surface area contributed by atoms with E-state index >= 15 is 0 Å². The molecule has 0 spiro atoms. The molecule has 0 radical (unpaired) electrons. The summed E-state index contributed by atoms with van der Waals surface area (Å²) < 4.78 is 29.5. The van der Waals surface area contributed by atoms with Crippen molar-refractivity contribution in [3.63, 3.8) is 0 Å². The van der Waals surface area contributed by atoms with Gasteiger partial charge in [-0.1, -0.05) is 20.3 Å². The predicted molar refractivity (Wildman–Crippen MR) is 138 cm³/mol. The number of likely N-dealkylation sites (tertiary alicyclic amines) is 1. The standard InChI is InChI=1S/C24H37N5O4S2/c1-17-12-18(2)14-27(13-17)9-7-8-25-20(30)15-28-16-26-23-21(24(28)31)22(19(3)34-23)35(32,33)29-10-5-4-6-11-29/h16-18H,4-15H2,1-3H3,(H,25,30)/t17-,18-/m0/s1. The first-order valence-corrected chi connectivity index (χ1v) is 14.9. The van der Waals surface area contributed by atoms with Crippen molar-refractivity contribution in [1.29, 1.82) is 0 Å². The molecule has 194 valence electrons. The lowest BCUT2D eigenvalue weighted by molar-refractivity contribution is -0.121. The summed E-state index contributed by atoms with van der Waals surface area (Å²) in [5.74, 6) is 1.13. The lowest BCUT2D eigenvalue weighted by Gasteiger charge is -2.34. The maximum Gasteiger partial charge on any atom is 0.263 e. The van der Waals surface area contributed by atoms with Crippen molar-refractivity contribution in [3.05, 3.63) is 21.6 Å². The van der Waals surface area contributed by atoms with Gasteiger partial charge in [-0.25, -0.2) is 13.4 Å². The fourth-order valence-electron chi connectivity index (χ4n) is 5.49. The summed E-state index contributed by atoms with van der Waals surface area (Å²) in [6.45, 7) is 10.7. The van der Waals surface area contributed by atoms with Gasteiger partial charge >= 0.3 is 0 Å². The molecular formula is C24H37N5O4S2. The SMILES string of the molecule is Cc1sc2ncn(CC(=O)NCCCN3C[C@@H](C)C[C@H](C)C3)c(=O)c2c1S(=O)(=O)N1CCCCC1. The average Bonchev–Trinajstić information content (AvgIpc) is 3.16. The molecule has 2 saturated heterocycles. The van der Waals surface area contributed by atoms with E-state index in [0.717, 1.165) is 45.3 Å². The molecule has 0 unspecified atom stereocenters. The van der Waals surface area contributed by atoms with Gasteiger partial charge in [0, 0.05) is 37.6 Å². The highest BCUT2D eigenvalue weighted by Crippen LogP contribution is 2.33. The number of carbonyl (C=O) groups excluding carboxylic acids is 1. The van der Waals surface area contributed by atoms with Crippen molar-refractivity contribution in [1.82, 2.24) is 24.1 Å². The van der Waals surface area contributed by atoms with Gasteiger partial charge in [0.15, 0.2) is 0 Å². The van der Waals surface area contributed by atoms with Crippen LogP contribution in [-0.4, -0.2) is 72.3 Å². The molecule has 0 aromatic carbocycles. The molecule has 35 heavy (non-hydrogen) atoms. The number of nitrogens with one attached hydrogen (secondary N) is 1. The number of amides is 1. The Hall–Kier alpha value is -1.82. The number of piperidine rings is 2. The van der Waals surface area contributed by atoms with Crippen LogP contribution in [0.3, 0.4) is 0 Å². The summed E-state index contributed by atoms with van der Waals surface area (Å²) in [4.78, 5) is 33.6. The number of aryl methyl sites for hydroxylation is 1. The molecule has 2 aliphatic heterocycles. The van der Waals surface area contributed by atoms with Crippen LogP contribution in [-0.2, 0) is 21.4 Å². The first-order chi connectivity index (χ1) is 16.7. The molecule has 0 bridgehead atoms. The largest absolute Gasteiger partial charge is 0.354 e. The second-order valence-electron chi connectivity index (χ2n) is 10.2. The van der Waals surface area contributed by atoms with Gasteiger partial charge in [-0.2, -0.15) is 4.31 Å². The third-order valence-corrected chi connectivity index (χ3v) is 10.2. The highest BCUT2D eigenvalue weighted by molar-refractivity contribution is 7.89. The van der Waals surface area contributed by atoms with E-state index in [1.165, 1.54) is 33.0 Å². The molecule has 2 aromatic rings. The maximum atomic E-state index is 13.4. The molecule has 2 aromatic heterocycles. The maximum absolute atomic E-state index is 13.4. The molecular weight excluding hydrogens is 486 g/mol. The lowest BCUT2D eigenvalue weighted by Crippen LogP contribution is -2.40. The Morgan fingerprint density at radius 2 is 1.86 bits per heavy atom. The molecule has 9 nitrogen and oxygen atoms in total. The predicted octanol–water partition coefficient (Wildman–Crippen LogP) is 2.43. The normalized spacial score (nSPS) is 22.5. The molecule has 0 aliphatic carbocycles.